The van der Waals surface area contributed by atoms with Gasteiger partial charge >= 0.3 is 5.97 Å². The number of ether oxygens (including phenoxy) is 4. The van der Waals surface area contributed by atoms with E-state index in [9.17, 15) is 4.79 Å². The molecule has 0 aromatic heterocycles. The Balaban J connectivity index is 3.29. The molecule has 6 heteroatoms. The summed E-state index contributed by atoms with van der Waals surface area (Å²) in [7, 11) is 4.41. The van der Waals surface area contributed by atoms with Crippen molar-refractivity contribution in [2.45, 2.75) is 13.0 Å². The van der Waals surface area contributed by atoms with Crippen LogP contribution in [0.1, 0.15) is 18.6 Å². The maximum Gasteiger partial charge on any atom is 0.304 e. The third-order valence-corrected chi connectivity index (χ3v) is 2.39. The number of carbonyl (C=O) groups is 1. The third kappa shape index (κ3) is 3.28. The van der Waals surface area contributed by atoms with Crippen LogP contribution in [0, 0.1) is 11.3 Å². The average Bonchev–Trinajstić information content (AvgIpc) is 2.42. The second kappa shape index (κ2) is 6.50. The first kappa shape index (κ1) is 14.6. The fourth-order valence-corrected chi connectivity index (χ4v) is 1.59. The van der Waals surface area contributed by atoms with E-state index in [0.717, 1.165) is 0 Å². The van der Waals surface area contributed by atoms with Crippen LogP contribution in [0.2, 0.25) is 0 Å². The molecule has 0 amide bonds. The lowest BCUT2D eigenvalue weighted by atomic mass is 10.1. The Bertz CT molecular complexity index is 481. The summed E-state index contributed by atoms with van der Waals surface area (Å²) >= 11 is 0. The summed E-state index contributed by atoms with van der Waals surface area (Å²) in [6.45, 7) is 1.24. The zero-order valence-corrected chi connectivity index (χ0v) is 11.2. The lowest BCUT2D eigenvalue weighted by Crippen LogP contribution is -2.07. The predicted molar refractivity (Wildman–Crippen MR) is 66.2 cm³/mol. The standard InChI is InChI=1S/C13H15NO5/c1-8(15)19-12(7-14)9-5-10(16-2)13(18-4)11(6-9)17-3/h5-6,12H,1-4H3/t12-/m1/s1. The SMILES string of the molecule is COc1cc([C@@H](C#N)OC(C)=O)cc(OC)c1OC. The lowest BCUT2D eigenvalue weighted by Gasteiger charge is -2.16. The Morgan fingerprint density at radius 2 is 1.68 bits per heavy atom. The molecule has 0 N–H and O–H groups in total. The lowest BCUT2D eigenvalue weighted by molar-refractivity contribution is -0.144. The molecular weight excluding hydrogens is 250 g/mol. The molecule has 0 aliphatic carbocycles. The summed E-state index contributed by atoms with van der Waals surface area (Å²) < 4.78 is 20.4. The average molecular weight is 265 g/mol. The van der Waals surface area contributed by atoms with Crippen molar-refractivity contribution in [1.29, 1.82) is 5.26 Å². The molecule has 0 radical (unpaired) electrons. The number of methoxy groups -OCH3 is 3. The van der Waals surface area contributed by atoms with Crippen molar-refractivity contribution in [1.82, 2.24) is 0 Å². The highest BCUT2D eigenvalue weighted by atomic mass is 16.5. The fourth-order valence-electron chi connectivity index (χ4n) is 1.59. The molecule has 1 aromatic rings. The molecule has 0 unspecified atom stereocenters. The molecule has 1 aromatic carbocycles. The number of nitriles is 1. The molecule has 0 heterocycles. The van der Waals surface area contributed by atoms with Crippen molar-refractivity contribution < 1.29 is 23.7 Å². The van der Waals surface area contributed by atoms with Crippen LogP contribution < -0.4 is 14.2 Å². The molecule has 0 bridgehead atoms. The molecule has 6 nitrogen and oxygen atoms in total. The summed E-state index contributed by atoms with van der Waals surface area (Å²) in [5, 5.41) is 9.04. The summed E-state index contributed by atoms with van der Waals surface area (Å²) in [5.74, 6) is 0.655. The normalized spacial score (nSPS) is 11.1. The second-order valence-electron chi connectivity index (χ2n) is 3.58. The Morgan fingerprint density at radius 1 is 1.16 bits per heavy atom. The molecular formula is C13H15NO5. The molecule has 1 atom stereocenters. The van der Waals surface area contributed by atoms with Crippen molar-refractivity contribution in [3.05, 3.63) is 17.7 Å². The summed E-state index contributed by atoms with van der Waals surface area (Å²) in [4.78, 5) is 11.0. The first-order valence-electron chi connectivity index (χ1n) is 5.44. The topological polar surface area (TPSA) is 77.8 Å². The van der Waals surface area contributed by atoms with Crippen LogP contribution in [0.15, 0.2) is 12.1 Å². The maximum atomic E-state index is 11.0. The minimum atomic E-state index is -1.02. The third-order valence-electron chi connectivity index (χ3n) is 2.39. The van der Waals surface area contributed by atoms with Crippen molar-refractivity contribution in [3.8, 4) is 23.3 Å². The van der Waals surface area contributed by atoms with Crippen LogP contribution >= 0.6 is 0 Å². The number of hydrogen-bond donors (Lipinski definition) is 0. The minimum absolute atomic E-state index is 0.393. The van der Waals surface area contributed by atoms with Gasteiger partial charge in [0.1, 0.15) is 6.07 Å². The van der Waals surface area contributed by atoms with Crippen LogP contribution in [0.3, 0.4) is 0 Å². The number of rotatable bonds is 5. The smallest absolute Gasteiger partial charge is 0.304 e. The number of esters is 1. The summed E-state index contributed by atoms with van der Waals surface area (Å²) in [5.41, 5.74) is 0.451. The number of hydrogen-bond acceptors (Lipinski definition) is 6. The molecule has 0 saturated heterocycles. The second-order valence-corrected chi connectivity index (χ2v) is 3.58. The predicted octanol–water partition coefficient (Wildman–Crippen LogP) is 1.84. The van der Waals surface area contributed by atoms with E-state index in [1.807, 2.05) is 6.07 Å². The van der Waals surface area contributed by atoms with Crippen molar-refractivity contribution in [2.75, 3.05) is 21.3 Å². The highest BCUT2D eigenvalue weighted by Crippen LogP contribution is 2.40. The molecule has 0 saturated carbocycles. The maximum absolute atomic E-state index is 11.0. The molecule has 19 heavy (non-hydrogen) atoms. The van der Waals surface area contributed by atoms with Gasteiger partial charge in [-0.2, -0.15) is 5.26 Å². The van der Waals surface area contributed by atoms with Crippen LogP contribution in [0.4, 0.5) is 0 Å². The molecule has 0 fully saturated rings. The van der Waals surface area contributed by atoms with Gasteiger partial charge in [0, 0.05) is 12.5 Å². The van der Waals surface area contributed by atoms with Crippen LogP contribution in [0.5, 0.6) is 17.2 Å². The summed E-state index contributed by atoms with van der Waals surface area (Å²) in [6, 6.07) is 5.03. The zero-order valence-electron chi connectivity index (χ0n) is 11.2. The first-order valence-corrected chi connectivity index (χ1v) is 5.44. The van der Waals surface area contributed by atoms with Crippen LogP contribution in [-0.2, 0) is 9.53 Å². The van der Waals surface area contributed by atoms with E-state index >= 15 is 0 Å². The van der Waals surface area contributed by atoms with Crippen LogP contribution in [-0.4, -0.2) is 27.3 Å². The van der Waals surface area contributed by atoms with Gasteiger partial charge in [0.05, 0.1) is 21.3 Å². The largest absolute Gasteiger partial charge is 0.493 e. The number of benzene rings is 1. The van der Waals surface area contributed by atoms with E-state index in [0.29, 0.717) is 22.8 Å². The van der Waals surface area contributed by atoms with Gasteiger partial charge in [0.2, 0.25) is 11.9 Å². The highest BCUT2D eigenvalue weighted by Gasteiger charge is 2.20. The van der Waals surface area contributed by atoms with E-state index in [1.54, 1.807) is 12.1 Å². The van der Waals surface area contributed by atoms with Gasteiger partial charge in [-0.05, 0) is 12.1 Å². The summed E-state index contributed by atoms with van der Waals surface area (Å²) in [6.07, 6.45) is -1.02. The first-order chi connectivity index (χ1) is 9.07. The van der Waals surface area contributed by atoms with Gasteiger partial charge in [-0.15, -0.1) is 0 Å². The van der Waals surface area contributed by atoms with Gasteiger partial charge in [0.25, 0.3) is 0 Å². The molecule has 102 valence electrons. The zero-order chi connectivity index (χ0) is 14.4. The van der Waals surface area contributed by atoms with E-state index in [1.165, 1.54) is 28.3 Å². The van der Waals surface area contributed by atoms with E-state index < -0.39 is 12.1 Å². The molecule has 0 aliphatic rings. The Morgan fingerprint density at radius 3 is 2.00 bits per heavy atom. The molecule has 0 aliphatic heterocycles. The van der Waals surface area contributed by atoms with Crippen molar-refractivity contribution >= 4 is 5.97 Å². The number of nitrogens with zero attached hydrogens (tertiary/aromatic N) is 1. The quantitative estimate of drug-likeness (QED) is 0.756. The Labute approximate surface area is 111 Å². The Kier molecular flexibility index (Phi) is 5.01. The monoisotopic (exact) mass is 265 g/mol. The van der Waals surface area contributed by atoms with Gasteiger partial charge < -0.3 is 18.9 Å². The highest BCUT2D eigenvalue weighted by molar-refractivity contribution is 5.67. The van der Waals surface area contributed by atoms with Gasteiger partial charge in [-0.3, -0.25) is 4.79 Å². The van der Waals surface area contributed by atoms with Gasteiger partial charge in [-0.25, -0.2) is 0 Å². The molecule has 0 spiro atoms. The van der Waals surface area contributed by atoms with Crippen molar-refractivity contribution in [2.24, 2.45) is 0 Å². The van der Waals surface area contributed by atoms with Gasteiger partial charge in [0.15, 0.2) is 11.5 Å². The fraction of sp³-hybridized carbons (Fsp3) is 0.385. The molecule has 1 rings (SSSR count). The number of carbonyl (C=O) groups excluding carboxylic acids is 1. The van der Waals surface area contributed by atoms with Crippen LogP contribution in [0.25, 0.3) is 0 Å². The van der Waals surface area contributed by atoms with E-state index in [4.69, 9.17) is 24.2 Å². The van der Waals surface area contributed by atoms with Crippen molar-refractivity contribution in [3.63, 3.8) is 0 Å². The van der Waals surface area contributed by atoms with E-state index in [-0.39, 0.29) is 0 Å². The Hall–Kier alpha value is -2.42. The van der Waals surface area contributed by atoms with Gasteiger partial charge in [-0.1, -0.05) is 0 Å². The van der Waals surface area contributed by atoms with E-state index in [2.05, 4.69) is 0 Å². The minimum Gasteiger partial charge on any atom is -0.493 e.